The Kier molecular flexibility index (Phi) is 5.01. The fraction of sp³-hybridized carbons (Fsp3) is 0.333. The van der Waals surface area contributed by atoms with Crippen LogP contribution in [0.2, 0.25) is 0 Å². The maximum atomic E-state index is 12.9. The molecule has 0 fully saturated rings. The highest BCUT2D eigenvalue weighted by Crippen LogP contribution is 2.31. The van der Waals surface area contributed by atoms with Gasteiger partial charge in [0, 0.05) is 7.05 Å². The second-order valence-electron chi connectivity index (χ2n) is 5.09. The molecule has 0 bridgehead atoms. The lowest BCUT2D eigenvalue weighted by Gasteiger charge is -2.14. The molecule has 0 spiro atoms. The van der Waals surface area contributed by atoms with Crippen LogP contribution in [-0.4, -0.2) is 22.9 Å². The minimum Gasteiger partial charge on any atom is -0.495 e. The van der Waals surface area contributed by atoms with Crippen LogP contribution in [0.25, 0.3) is 0 Å². The number of hydrogen-bond acceptors (Lipinski definition) is 3. The fourth-order valence-electron chi connectivity index (χ4n) is 2.20. The number of methoxy groups -OCH3 is 1. The Bertz CT molecular complexity index is 741. The quantitative estimate of drug-likeness (QED) is 0.897. The molecule has 2 amide bonds. The second kappa shape index (κ2) is 6.81. The summed E-state index contributed by atoms with van der Waals surface area (Å²) in [6.07, 6.45) is -3.79. The van der Waals surface area contributed by atoms with Gasteiger partial charge >= 0.3 is 12.2 Å². The Balaban J connectivity index is 2.09. The van der Waals surface area contributed by atoms with Crippen molar-refractivity contribution in [3.8, 4) is 5.75 Å². The van der Waals surface area contributed by atoms with Crippen LogP contribution in [0.3, 0.4) is 0 Å². The van der Waals surface area contributed by atoms with Crippen LogP contribution in [0.1, 0.15) is 16.8 Å². The number of nitrogens with one attached hydrogen (secondary N) is 2. The van der Waals surface area contributed by atoms with Gasteiger partial charge in [0.05, 0.1) is 36.8 Å². The van der Waals surface area contributed by atoms with Crippen molar-refractivity contribution < 1.29 is 22.7 Å². The number of anilines is 1. The molecular formula is C15H17F3N4O2. The van der Waals surface area contributed by atoms with Crippen molar-refractivity contribution in [3.05, 3.63) is 41.2 Å². The largest absolute Gasteiger partial charge is 0.495 e. The van der Waals surface area contributed by atoms with Gasteiger partial charge in [-0.2, -0.15) is 18.3 Å². The first-order valence-electron chi connectivity index (χ1n) is 7.00. The van der Waals surface area contributed by atoms with Gasteiger partial charge in [0.1, 0.15) is 5.75 Å². The Labute approximate surface area is 136 Å². The second-order valence-corrected chi connectivity index (χ2v) is 5.09. The predicted molar refractivity (Wildman–Crippen MR) is 81.8 cm³/mol. The third-order valence-electron chi connectivity index (χ3n) is 3.48. The molecule has 9 heteroatoms. The Morgan fingerprint density at radius 1 is 1.38 bits per heavy atom. The summed E-state index contributed by atoms with van der Waals surface area (Å²) >= 11 is 0. The Hall–Kier alpha value is -2.71. The smallest absolute Gasteiger partial charge is 0.419 e. The summed E-state index contributed by atoms with van der Waals surface area (Å²) in [6, 6.07) is 4.58. The molecule has 0 aliphatic rings. The number of hydrogen-bond donors (Lipinski definition) is 2. The monoisotopic (exact) mass is 342 g/mol. The molecule has 0 saturated carbocycles. The summed E-state index contributed by atoms with van der Waals surface area (Å²) in [4.78, 5) is 12.0. The molecule has 0 atom stereocenters. The van der Waals surface area contributed by atoms with Gasteiger partial charge in [0.15, 0.2) is 0 Å². The maximum Gasteiger partial charge on any atom is 0.419 e. The van der Waals surface area contributed by atoms with Crippen molar-refractivity contribution in [2.45, 2.75) is 19.6 Å². The van der Waals surface area contributed by atoms with Crippen LogP contribution in [0.4, 0.5) is 23.7 Å². The van der Waals surface area contributed by atoms with Gasteiger partial charge in [-0.3, -0.25) is 4.68 Å². The van der Waals surface area contributed by atoms with Crippen molar-refractivity contribution in [1.29, 1.82) is 0 Å². The molecule has 0 radical (unpaired) electrons. The minimum atomic E-state index is -4.53. The number of urea groups is 1. The zero-order chi connectivity index (χ0) is 17.9. The van der Waals surface area contributed by atoms with Gasteiger partial charge in [-0.15, -0.1) is 0 Å². The highest BCUT2D eigenvalue weighted by atomic mass is 19.4. The number of amides is 2. The molecule has 1 aromatic carbocycles. The van der Waals surface area contributed by atoms with Crippen molar-refractivity contribution in [3.63, 3.8) is 0 Å². The lowest BCUT2D eigenvalue weighted by Crippen LogP contribution is -2.30. The number of carbonyl (C=O) groups excluding carboxylic acids is 1. The van der Waals surface area contributed by atoms with Crippen molar-refractivity contribution in [2.75, 3.05) is 12.4 Å². The molecular weight excluding hydrogens is 325 g/mol. The van der Waals surface area contributed by atoms with E-state index in [2.05, 4.69) is 15.7 Å². The van der Waals surface area contributed by atoms with Crippen LogP contribution in [0.15, 0.2) is 24.4 Å². The van der Waals surface area contributed by atoms with E-state index in [1.54, 1.807) is 25.1 Å². The summed E-state index contributed by atoms with van der Waals surface area (Å²) < 4.78 is 44.9. The van der Waals surface area contributed by atoms with E-state index in [1.165, 1.54) is 14.2 Å². The zero-order valence-electron chi connectivity index (χ0n) is 13.4. The number of nitrogens with zero attached hydrogens (tertiary/aromatic N) is 2. The van der Waals surface area contributed by atoms with Crippen LogP contribution in [-0.2, 0) is 19.8 Å². The number of alkyl halides is 3. The van der Waals surface area contributed by atoms with Crippen LogP contribution >= 0.6 is 0 Å². The third-order valence-corrected chi connectivity index (χ3v) is 3.48. The van der Waals surface area contributed by atoms with E-state index in [-0.39, 0.29) is 12.2 Å². The molecule has 24 heavy (non-hydrogen) atoms. The number of aryl methyl sites for hydroxylation is 2. The molecule has 0 aliphatic carbocycles. The third kappa shape index (κ3) is 3.79. The maximum absolute atomic E-state index is 12.9. The topological polar surface area (TPSA) is 68.2 Å². The van der Waals surface area contributed by atoms with Crippen molar-refractivity contribution in [2.24, 2.45) is 7.05 Å². The van der Waals surface area contributed by atoms with E-state index >= 15 is 0 Å². The van der Waals surface area contributed by atoms with E-state index < -0.39 is 17.8 Å². The zero-order valence-corrected chi connectivity index (χ0v) is 13.4. The average Bonchev–Trinajstić information content (AvgIpc) is 2.88. The molecule has 0 saturated heterocycles. The molecule has 0 unspecified atom stereocenters. The standard InChI is InChI=1S/C15H17F3N4O2/c1-9-5-4-6-12(24-3)13(9)21-14(23)19-8-11-10(15(16,17)18)7-20-22(11)2/h4-7H,8H2,1-3H3,(H2,19,21,23). The van der Waals surface area contributed by atoms with Gasteiger partial charge in [0.25, 0.3) is 0 Å². The highest BCUT2D eigenvalue weighted by molar-refractivity contribution is 5.91. The van der Waals surface area contributed by atoms with E-state index in [1.807, 2.05) is 0 Å². The minimum absolute atomic E-state index is 0.130. The lowest BCUT2D eigenvalue weighted by molar-refractivity contribution is -0.138. The fourth-order valence-corrected chi connectivity index (χ4v) is 2.20. The van der Waals surface area contributed by atoms with Gasteiger partial charge in [-0.25, -0.2) is 4.79 Å². The summed E-state index contributed by atoms with van der Waals surface area (Å²) in [5.41, 5.74) is 0.215. The van der Waals surface area contributed by atoms with Gasteiger partial charge < -0.3 is 15.4 Å². The van der Waals surface area contributed by atoms with Crippen LogP contribution < -0.4 is 15.4 Å². The van der Waals surface area contributed by atoms with E-state index in [4.69, 9.17) is 4.74 Å². The van der Waals surface area contributed by atoms with E-state index in [9.17, 15) is 18.0 Å². The van der Waals surface area contributed by atoms with Gasteiger partial charge in [-0.1, -0.05) is 12.1 Å². The number of carbonyl (C=O) groups is 1. The normalized spacial score (nSPS) is 11.2. The van der Waals surface area contributed by atoms with Gasteiger partial charge in [-0.05, 0) is 18.6 Å². The summed E-state index contributed by atoms with van der Waals surface area (Å²) in [5, 5.41) is 8.57. The van der Waals surface area contributed by atoms with E-state index in [0.717, 1.165) is 16.4 Å². The van der Waals surface area contributed by atoms with E-state index in [0.29, 0.717) is 11.4 Å². The molecule has 0 aliphatic heterocycles. The number of aromatic nitrogens is 2. The first-order valence-corrected chi connectivity index (χ1v) is 7.00. The molecule has 2 aromatic rings. The number of rotatable bonds is 4. The predicted octanol–water partition coefficient (Wildman–Crippen LogP) is 3.08. The molecule has 1 heterocycles. The van der Waals surface area contributed by atoms with Gasteiger partial charge in [0.2, 0.25) is 0 Å². The summed E-state index contributed by atoms with van der Waals surface area (Å²) in [5.74, 6) is 0.460. The van der Waals surface area contributed by atoms with Crippen molar-refractivity contribution in [1.82, 2.24) is 15.1 Å². The number of halogens is 3. The molecule has 1 aromatic heterocycles. The average molecular weight is 342 g/mol. The number of ether oxygens (including phenoxy) is 1. The lowest BCUT2D eigenvalue weighted by atomic mass is 10.2. The van der Waals surface area contributed by atoms with Crippen LogP contribution in [0, 0.1) is 6.92 Å². The number of para-hydroxylation sites is 1. The molecule has 130 valence electrons. The summed E-state index contributed by atoms with van der Waals surface area (Å²) in [6.45, 7) is 1.46. The molecule has 2 N–H and O–H groups in total. The summed E-state index contributed by atoms with van der Waals surface area (Å²) in [7, 11) is 2.84. The molecule has 6 nitrogen and oxygen atoms in total. The first kappa shape index (κ1) is 17.6. The first-order chi connectivity index (χ1) is 11.2. The van der Waals surface area contributed by atoms with Crippen molar-refractivity contribution >= 4 is 11.7 Å². The highest BCUT2D eigenvalue weighted by Gasteiger charge is 2.35. The molecule has 2 rings (SSSR count). The SMILES string of the molecule is COc1cccc(C)c1NC(=O)NCc1c(C(F)(F)F)cnn1C. The Morgan fingerprint density at radius 2 is 2.08 bits per heavy atom. The Morgan fingerprint density at radius 3 is 2.71 bits per heavy atom. The number of benzene rings is 1. The van der Waals surface area contributed by atoms with Crippen LogP contribution in [0.5, 0.6) is 5.75 Å².